The molecular weight excluding hydrogens is 537 g/mol. The van der Waals surface area contributed by atoms with Crippen molar-refractivity contribution in [2.75, 3.05) is 72.6 Å². The molecule has 0 aromatic rings. The Balaban J connectivity index is 1.13. The zero-order chi connectivity index (χ0) is 28.8. The maximum absolute atomic E-state index is 16.1. The number of hydrogen-bond acceptors (Lipinski definition) is 8. The molecule has 3 aliphatic carbocycles. The summed E-state index contributed by atoms with van der Waals surface area (Å²) in [6.07, 6.45) is 8.50. The highest BCUT2D eigenvalue weighted by Crippen LogP contribution is 2.51. The van der Waals surface area contributed by atoms with Crippen molar-refractivity contribution >= 4 is 11.7 Å². The maximum atomic E-state index is 16.1. The highest BCUT2D eigenvalue weighted by molar-refractivity contribution is 6.20. The molecule has 3 saturated carbocycles. The molecule has 0 bridgehead atoms. The third kappa shape index (κ3) is 5.44. The third-order valence-corrected chi connectivity index (χ3v) is 11.6. The van der Waals surface area contributed by atoms with Crippen LogP contribution in [0.1, 0.15) is 51.4 Å². The van der Waals surface area contributed by atoms with Crippen molar-refractivity contribution in [3.63, 3.8) is 0 Å². The molecule has 4 aliphatic heterocycles. The van der Waals surface area contributed by atoms with Crippen LogP contribution in [0.5, 0.6) is 0 Å². The van der Waals surface area contributed by atoms with E-state index in [1.165, 1.54) is 25.7 Å². The molecule has 9 nitrogen and oxygen atoms in total. The first-order chi connectivity index (χ1) is 20.5. The lowest BCUT2D eigenvalue weighted by atomic mass is 9.63. The Kier molecular flexibility index (Phi) is 8.62. The summed E-state index contributed by atoms with van der Waals surface area (Å²) < 4.78 is 28.5. The molecule has 0 spiro atoms. The molecule has 9 unspecified atom stereocenters. The molecule has 9 atom stereocenters. The fraction of sp³-hybridized carbons (Fsp3) is 0.875. The van der Waals surface area contributed by atoms with Crippen LogP contribution < -0.4 is 5.32 Å². The summed E-state index contributed by atoms with van der Waals surface area (Å²) in [7, 11) is 2.17. The number of rotatable bonds is 6. The second kappa shape index (κ2) is 12.4. The minimum Gasteiger partial charge on any atom is -0.378 e. The molecule has 7 rings (SSSR count). The van der Waals surface area contributed by atoms with Gasteiger partial charge in [-0.15, -0.1) is 0 Å². The van der Waals surface area contributed by atoms with E-state index in [2.05, 4.69) is 27.1 Å². The summed E-state index contributed by atoms with van der Waals surface area (Å²) in [6, 6.07) is -0.505. The minimum absolute atomic E-state index is 0.00961. The van der Waals surface area contributed by atoms with Crippen LogP contribution in [-0.2, 0) is 19.1 Å². The molecule has 1 amide bonds. The minimum atomic E-state index is -1.19. The highest BCUT2D eigenvalue weighted by atomic mass is 19.1. The van der Waals surface area contributed by atoms with E-state index in [0.29, 0.717) is 38.1 Å². The molecule has 0 aromatic heterocycles. The molecule has 234 valence electrons. The van der Waals surface area contributed by atoms with Crippen LogP contribution >= 0.6 is 0 Å². The number of nitrogens with zero attached hydrogens (tertiary/aromatic N) is 4. The molecule has 7 aliphatic rings. The van der Waals surface area contributed by atoms with E-state index in [1.54, 1.807) is 4.90 Å². The standard InChI is InChI=1S/C32H50FN5O4/c1-35-11-13-36(14-12-35)10-4-9-34-27-25(33)19-23-29-31(27)42-26-8-7-21-5-2-3-6-22(21)28(26)38(29)20-24(30(23)39)32(40)37-15-17-41-18-16-37/h20-23,25-29,31,34H,2-19H2,1H3. The van der Waals surface area contributed by atoms with Gasteiger partial charge in [0.05, 0.1) is 49.1 Å². The third-order valence-electron chi connectivity index (χ3n) is 11.6. The van der Waals surface area contributed by atoms with E-state index >= 15 is 4.39 Å². The van der Waals surface area contributed by atoms with E-state index < -0.39 is 24.2 Å². The van der Waals surface area contributed by atoms with Gasteiger partial charge in [-0.1, -0.05) is 19.3 Å². The van der Waals surface area contributed by atoms with Crippen molar-refractivity contribution in [1.82, 2.24) is 24.9 Å². The normalized spacial score (nSPS) is 41.0. The number of morpholine rings is 2. The molecule has 3 saturated heterocycles. The number of piperazine rings is 1. The van der Waals surface area contributed by atoms with E-state index in [1.807, 2.05) is 6.20 Å². The van der Waals surface area contributed by atoms with E-state index in [9.17, 15) is 9.59 Å². The first-order valence-electron chi connectivity index (χ1n) is 16.8. The number of hydrogen-bond donors (Lipinski definition) is 1. The second-order valence-electron chi connectivity index (χ2n) is 14.0. The number of amides is 1. The lowest BCUT2D eigenvalue weighted by Crippen LogP contribution is -2.74. The summed E-state index contributed by atoms with van der Waals surface area (Å²) in [5, 5.41) is 3.58. The van der Waals surface area contributed by atoms with Gasteiger partial charge in [0.2, 0.25) is 0 Å². The summed E-state index contributed by atoms with van der Waals surface area (Å²) in [5.41, 5.74) is 0.251. The van der Waals surface area contributed by atoms with Crippen LogP contribution in [0.4, 0.5) is 4.39 Å². The predicted molar refractivity (Wildman–Crippen MR) is 157 cm³/mol. The predicted octanol–water partition coefficient (Wildman–Crippen LogP) is 1.67. The molecule has 0 radical (unpaired) electrons. The van der Waals surface area contributed by atoms with Gasteiger partial charge in [0.1, 0.15) is 6.17 Å². The topological polar surface area (TPSA) is 77.6 Å². The van der Waals surface area contributed by atoms with E-state index in [0.717, 1.165) is 58.5 Å². The maximum Gasteiger partial charge on any atom is 0.259 e. The fourth-order valence-electron chi connectivity index (χ4n) is 9.38. The average molecular weight is 588 g/mol. The number of carbonyl (C=O) groups excluding carboxylic acids is 2. The first kappa shape index (κ1) is 29.1. The number of Topliss-reactive ketones (excluding diaryl/α,β-unsaturated/α-hetero) is 1. The Morgan fingerprint density at radius 3 is 2.62 bits per heavy atom. The van der Waals surface area contributed by atoms with Crippen molar-refractivity contribution in [1.29, 1.82) is 0 Å². The summed E-state index contributed by atoms with van der Waals surface area (Å²) in [5.74, 6) is 0.220. The first-order valence-corrected chi connectivity index (χ1v) is 16.8. The van der Waals surface area contributed by atoms with Crippen molar-refractivity contribution in [2.45, 2.75) is 87.9 Å². The molecule has 6 fully saturated rings. The number of nitrogens with one attached hydrogen (secondary N) is 1. The van der Waals surface area contributed by atoms with Crippen LogP contribution in [0, 0.1) is 17.8 Å². The van der Waals surface area contributed by atoms with Crippen LogP contribution in [0.15, 0.2) is 11.8 Å². The number of carbonyl (C=O) groups is 2. The molecular formula is C32H50FN5O4. The molecule has 1 N–H and O–H groups in total. The van der Waals surface area contributed by atoms with Gasteiger partial charge >= 0.3 is 0 Å². The SMILES string of the molecule is CN1CCN(CCCNC2C(F)CC3C(=O)C(C(=O)N4CCOCC4)=CN4C5C(CCC6CCCCC65)OC2C34)CC1. The number of likely N-dealkylation sites (N-methyl/N-ethyl adjacent to an activating group) is 1. The average Bonchev–Trinajstić information content (AvgIpc) is 3.02. The van der Waals surface area contributed by atoms with Gasteiger partial charge in [-0.2, -0.15) is 0 Å². The number of fused-ring (bicyclic) bond motifs is 4. The quantitative estimate of drug-likeness (QED) is 0.372. The zero-order valence-electron chi connectivity index (χ0n) is 25.3. The Bertz CT molecular complexity index is 1030. The Hall–Kier alpha value is -1.59. The van der Waals surface area contributed by atoms with Gasteiger partial charge in [0.25, 0.3) is 5.91 Å². The molecule has 10 heteroatoms. The van der Waals surface area contributed by atoms with Crippen molar-refractivity contribution < 1.29 is 23.5 Å². The summed E-state index contributed by atoms with van der Waals surface area (Å²) in [6.45, 7) is 8.07. The Morgan fingerprint density at radius 2 is 1.81 bits per heavy atom. The van der Waals surface area contributed by atoms with Gasteiger partial charge in [0.15, 0.2) is 5.78 Å². The van der Waals surface area contributed by atoms with E-state index in [4.69, 9.17) is 9.47 Å². The fourth-order valence-corrected chi connectivity index (χ4v) is 9.38. The van der Waals surface area contributed by atoms with Crippen LogP contribution in [0.2, 0.25) is 0 Å². The van der Waals surface area contributed by atoms with Crippen molar-refractivity contribution in [3.8, 4) is 0 Å². The monoisotopic (exact) mass is 587 g/mol. The largest absolute Gasteiger partial charge is 0.378 e. The smallest absolute Gasteiger partial charge is 0.259 e. The van der Waals surface area contributed by atoms with E-state index in [-0.39, 0.29) is 41.9 Å². The van der Waals surface area contributed by atoms with Gasteiger partial charge in [-0.25, -0.2) is 4.39 Å². The number of ketones is 1. The number of ether oxygens (including phenoxy) is 2. The van der Waals surface area contributed by atoms with Gasteiger partial charge in [0, 0.05) is 51.4 Å². The Morgan fingerprint density at radius 1 is 1.02 bits per heavy atom. The van der Waals surface area contributed by atoms with Crippen LogP contribution in [0.3, 0.4) is 0 Å². The highest BCUT2D eigenvalue weighted by Gasteiger charge is 2.60. The summed E-state index contributed by atoms with van der Waals surface area (Å²) >= 11 is 0. The van der Waals surface area contributed by atoms with Gasteiger partial charge in [-0.3, -0.25) is 9.59 Å². The summed E-state index contributed by atoms with van der Waals surface area (Å²) in [4.78, 5) is 36.7. The van der Waals surface area contributed by atoms with Crippen LogP contribution in [0.25, 0.3) is 0 Å². The number of alkyl halides is 1. The van der Waals surface area contributed by atoms with Crippen LogP contribution in [-0.4, -0.2) is 140 Å². The molecule has 0 aromatic carbocycles. The van der Waals surface area contributed by atoms with Gasteiger partial charge in [-0.05, 0) is 64.1 Å². The zero-order valence-corrected chi connectivity index (χ0v) is 25.3. The number of halogens is 1. The van der Waals surface area contributed by atoms with Gasteiger partial charge < -0.3 is 34.4 Å². The second-order valence-corrected chi connectivity index (χ2v) is 14.0. The Labute approximate surface area is 250 Å². The lowest BCUT2D eigenvalue weighted by Gasteiger charge is -2.62. The van der Waals surface area contributed by atoms with Crippen molar-refractivity contribution in [3.05, 3.63) is 11.8 Å². The molecule has 42 heavy (non-hydrogen) atoms. The van der Waals surface area contributed by atoms with Crippen molar-refractivity contribution in [2.24, 2.45) is 17.8 Å². The molecule has 4 heterocycles. The lowest BCUT2D eigenvalue weighted by molar-refractivity contribution is -0.215.